The molecule has 22 heavy (non-hydrogen) atoms. The summed E-state index contributed by atoms with van der Waals surface area (Å²) in [4.78, 5) is 25.3. The van der Waals surface area contributed by atoms with Crippen LogP contribution >= 0.6 is 11.3 Å². The van der Waals surface area contributed by atoms with Crippen molar-refractivity contribution in [1.82, 2.24) is 4.90 Å². The maximum absolute atomic E-state index is 12.5. The van der Waals surface area contributed by atoms with Crippen molar-refractivity contribution in [2.75, 3.05) is 13.1 Å². The third-order valence-corrected chi connectivity index (χ3v) is 4.85. The standard InChI is InChI=1S/C17H17NO3S/c19-16(13-2-1-3-14(10-13)17(20)21)18-7-4-12(5-8-18)15-6-9-22-11-15/h1-3,6,9-12H,4-5,7-8H2,(H,20,21). The molecule has 1 fully saturated rings. The Hall–Kier alpha value is -2.14. The number of thiophene rings is 1. The lowest BCUT2D eigenvalue weighted by Crippen LogP contribution is -2.37. The van der Waals surface area contributed by atoms with E-state index in [4.69, 9.17) is 5.11 Å². The SMILES string of the molecule is O=C(O)c1cccc(C(=O)N2CCC(c3ccsc3)CC2)c1. The number of benzene rings is 1. The molecule has 1 aromatic carbocycles. The molecule has 1 aromatic heterocycles. The molecule has 114 valence electrons. The molecule has 0 atom stereocenters. The third-order valence-electron chi connectivity index (χ3n) is 4.15. The number of amides is 1. The van der Waals surface area contributed by atoms with Gasteiger partial charge in [0.15, 0.2) is 0 Å². The fourth-order valence-electron chi connectivity index (χ4n) is 2.89. The zero-order chi connectivity index (χ0) is 15.5. The van der Waals surface area contributed by atoms with E-state index in [0.29, 0.717) is 11.5 Å². The first kappa shape index (κ1) is 14.8. The second-order valence-electron chi connectivity index (χ2n) is 5.51. The molecular weight excluding hydrogens is 298 g/mol. The number of nitrogens with zero attached hydrogens (tertiary/aromatic N) is 1. The van der Waals surface area contributed by atoms with Crippen LogP contribution in [0.2, 0.25) is 0 Å². The highest BCUT2D eigenvalue weighted by Gasteiger charge is 2.25. The number of carbonyl (C=O) groups is 2. The molecule has 1 saturated heterocycles. The fraction of sp³-hybridized carbons (Fsp3) is 0.294. The van der Waals surface area contributed by atoms with Crippen molar-refractivity contribution in [1.29, 1.82) is 0 Å². The van der Waals surface area contributed by atoms with Crippen LogP contribution in [0.5, 0.6) is 0 Å². The van der Waals surface area contributed by atoms with Crippen LogP contribution < -0.4 is 0 Å². The Labute approximate surface area is 133 Å². The smallest absolute Gasteiger partial charge is 0.335 e. The highest BCUT2D eigenvalue weighted by molar-refractivity contribution is 7.07. The molecule has 2 aromatic rings. The molecule has 2 heterocycles. The van der Waals surface area contributed by atoms with Crippen LogP contribution in [0, 0.1) is 0 Å². The van der Waals surface area contributed by atoms with Crippen molar-refractivity contribution in [2.24, 2.45) is 0 Å². The van der Waals surface area contributed by atoms with Crippen LogP contribution in [0.3, 0.4) is 0 Å². The Morgan fingerprint density at radius 2 is 1.86 bits per heavy atom. The summed E-state index contributed by atoms with van der Waals surface area (Å²) in [5, 5.41) is 13.3. The van der Waals surface area contributed by atoms with Gasteiger partial charge in [0.05, 0.1) is 5.56 Å². The van der Waals surface area contributed by atoms with Gasteiger partial charge < -0.3 is 10.0 Å². The zero-order valence-corrected chi connectivity index (χ0v) is 12.9. The van der Waals surface area contributed by atoms with E-state index in [1.54, 1.807) is 23.5 Å². The van der Waals surface area contributed by atoms with Gasteiger partial charge in [-0.2, -0.15) is 11.3 Å². The third kappa shape index (κ3) is 3.04. The number of hydrogen-bond donors (Lipinski definition) is 1. The summed E-state index contributed by atoms with van der Waals surface area (Å²) in [6.45, 7) is 1.44. The molecule has 0 spiro atoms. The first-order chi connectivity index (χ1) is 10.6. The van der Waals surface area contributed by atoms with Gasteiger partial charge in [0.25, 0.3) is 5.91 Å². The number of hydrogen-bond acceptors (Lipinski definition) is 3. The lowest BCUT2D eigenvalue weighted by molar-refractivity contribution is 0.0697. The molecule has 1 aliphatic heterocycles. The zero-order valence-electron chi connectivity index (χ0n) is 12.1. The number of carboxylic acids is 1. The average Bonchev–Trinajstić information content (AvgIpc) is 3.09. The van der Waals surface area contributed by atoms with Crippen molar-refractivity contribution >= 4 is 23.2 Å². The van der Waals surface area contributed by atoms with Gasteiger partial charge in [-0.3, -0.25) is 4.79 Å². The van der Waals surface area contributed by atoms with E-state index in [9.17, 15) is 9.59 Å². The quantitative estimate of drug-likeness (QED) is 0.943. The van der Waals surface area contributed by atoms with Crippen LogP contribution in [0.4, 0.5) is 0 Å². The fourth-order valence-corrected chi connectivity index (χ4v) is 3.63. The van der Waals surface area contributed by atoms with E-state index >= 15 is 0 Å². The Morgan fingerprint density at radius 1 is 1.14 bits per heavy atom. The largest absolute Gasteiger partial charge is 0.478 e. The molecule has 1 aliphatic rings. The number of rotatable bonds is 3. The van der Waals surface area contributed by atoms with Gasteiger partial charge in [0, 0.05) is 18.7 Å². The molecule has 0 radical (unpaired) electrons. The molecule has 0 aliphatic carbocycles. The minimum Gasteiger partial charge on any atom is -0.478 e. The summed E-state index contributed by atoms with van der Waals surface area (Å²) in [6.07, 6.45) is 1.92. The summed E-state index contributed by atoms with van der Waals surface area (Å²) < 4.78 is 0. The minimum absolute atomic E-state index is 0.0770. The van der Waals surface area contributed by atoms with E-state index in [-0.39, 0.29) is 11.5 Å². The van der Waals surface area contributed by atoms with Crippen molar-refractivity contribution in [3.05, 3.63) is 57.8 Å². The molecule has 4 nitrogen and oxygen atoms in total. The van der Waals surface area contributed by atoms with E-state index < -0.39 is 5.97 Å². The lowest BCUT2D eigenvalue weighted by Gasteiger charge is -2.32. The number of aromatic carboxylic acids is 1. The summed E-state index contributed by atoms with van der Waals surface area (Å²) in [5.41, 5.74) is 1.97. The highest BCUT2D eigenvalue weighted by atomic mass is 32.1. The Morgan fingerprint density at radius 3 is 2.50 bits per heavy atom. The van der Waals surface area contributed by atoms with Crippen LogP contribution in [0.15, 0.2) is 41.1 Å². The van der Waals surface area contributed by atoms with Crippen LogP contribution in [0.25, 0.3) is 0 Å². The molecule has 1 amide bonds. The molecule has 1 N–H and O–H groups in total. The number of likely N-dealkylation sites (tertiary alicyclic amines) is 1. The Kier molecular flexibility index (Phi) is 4.24. The molecule has 0 unspecified atom stereocenters. The van der Waals surface area contributed by atoms with E-state index in [1.165, 1.54) is 17.7 Å². The lowest BCUT2D eigenvalue weighted by atomic mass is 9.91. The van der Waals surface area contributed by atoms with E-state index in [1.807, 2.05) is 4.90 Å². The topological polar surface area (TPSA) is 57.6 Å². The van der Waals surface area contributed by atoms with E-state index in [2.05, 4.69) is 16.8 Å². The van der Waals surface area contributed by atoms with Gasteiger partial charge >= 0.3 is 5.97 Å². The van der Waals surface area contributed by atoms with Crippen LogP contribution in [-0.4, -0.2) is 35.0 Å². The molecule has 0 bridgehead atoms. The van der Waals surface area contributed by atoms with Crippen LogP contribution in [-0.2, 0) is 0 Å². The maximum atomic E-state index is 12.5. The molecule has 3 rings (SSSR count). The normalized spacial score (nSPS) is 15.7. The van der Waals surface area contributed by atoms with Gasteiger partial charge in [0.2, 0.25) is 0 Å². The molecule has 0 saturated carbocycles. The average molecular weight is 315 g/mol. The van der Waals surface area contributed by atoms with Crippen molar-refractivity contribution in [2.45, 2.75) is 18.8 Å². The molecular formula is C17H17NO3S. The van der Waals surface area contributed by atoms with Crippen LogP contribution in [0.1, 0.15) is 45.0 Å². The molecule has 5 heteroatoms. The number of carbonyl (C=O) groups excluding carboxylic acids is 1. The second kappa shape index (κ2) is 6.32. The highest BCUT2D eigenvalue weighted by Crippen LogP contribution is 2.29. The monoisotopic (exact) mass is 315 g/mol. The summed E-state index contributed by atoms with van der Waals surface area (Å²) in [5.74, 6) is -0.557. The Bertz CT molecular complexity index is 673. The number of piperidine rings is 1. The van der Waals surface area contributed by atoms with Crippen molar-refractivity contribution in [3.8, 4) is 0 Å². The summed E-state index contributed by atoms with van der Waals surface area (Å²) >= 11 is 1.71. The van der Waals surface area contributed by atoms with Gasteiger partial charge in [-0.25, -0.2) is 4.79 Å². The predicted molar refractivity (Wildman–Crippen MR) is 85.6 cm³/mol. The van der Waals surface area contributed by atoms with E-state index in [0.717, 1.165) is 25.9 Å². The van der Waals surface area contributed by atoms with Gasteiger partial charge in [-0.1, -0.05) is 6.07 Å². The van der Waals surface area contributed by atoms with Crippen molar-refractivity contribution in [3.63, 3.8) is 0 Å². The summed E-state index contributed by atoms with van der Waals surface area (Å²) in [7, 11) is 0. The first-order valence-electron chi connectivity index (χ1n) is 7.30. The second-order valence-corrected chi connectivity index (χ2v) is 6.29. The van der Waals surface area contributed by atoms with Gasteiger partial charge in [0.1, 0.15) is 0 Å². The van der Waals surface area contributed by atoms with Crippen molar-refractivity contribution < 1.29 is 14.7 Å². The maximum Gasteiger partial charge on any atom is 0.335 e. The minimum atomic E-state index is -1.01. The summed E-state index contributed by atoms with van der Waals surface area (Å²) in [6, 6.07) is 8.41. The number of carboxylic acid groups (broad SMARTS) is 1. The first-order valence-corrected chi connectivity index (χ1v) is 8.24. The predicted octanol–water partition coefficient (Wildman–Crippen LogP) is 3.47. The van der Waals surface area contributed by atoms with Gasteiger partial charge in [-0.15, -0.1) is 0 Å². The van der Waals surface area contributed by atoms with Gasteiger partial charge in [-0.05, 0) is 59.3 Å². The Balaban J connectivity index is 1.67.